The van der Waals surface area contributed by atoms with Crippen LogP contribution in [0.15, 0.2) is 32.3 Å². The van der Waals surface area contributed by atoms with Gasteiger partial charge < -0.3 is 29.9 Å². The van der Waals surface area contributed by atoms with E-state index in [1.54, 1.807) is 6.07 Å². The molecule has 0 bridgehead atoms. The van der Waals surface area contributed by atoms with Gasteiger partial charge in [0.05, 0.1) is 46.7 Å². The highest BCUT2D eigenvalue weighted by atomic mass is 79.9. The van der Waals surface area contributed by atoms with Crippen LogP contribution >= 0.6 is 15.9 Å². The van der Waals surface area contributed by atoms with Crippen LogP contribution in [0.25, 0.3) is 10.8 Å². The van der Waals surface area contributed by atoms with Gasteiger partial charge in [-0.1, -0.05) is 0 Å². The number of aromatic hydroxyl groups is 3. The fourth-order valence-corrected chi connectivity index (χ4v) is 7.67. The lowest BCUT2D eigenvalue weighted by Gasteiger charge is -2.31. The molecule has 4 aliphatic rings. The van der Waals surface area contributed by atoms with E-state index < -0.39 is 79.4 Å². The van der Waals surface area contributed by atoms with Crippen molar-refractivity contribution >= 4 is 56.0 Å². The number of aromatic amines is 1. The minimum atomic E-state index is -2.14. The average Bonchev–Trinajstić information content (AvgIpc) is 3.54. The number of pyridine rings is 1. The van der Waals surface area contributed by atoms with Crippen LogP contribution in [0, 0.1) is 0 Å². The maximum Gasteiger partial charge on any atom is 0.260 e. The number of ketones is 4. The molecule has 15 heteroatoms. The molecular formula is C31H26BrN5O9. The van der Waals surface area contributed by atoms with E-state index in [1.165, 1.54) is 6.21 Å². The molecule has 2 aromatic carbocycles. The predicted molar refractivity (Wildman–Crippen MR) is 166 cm³/mol. The van der Waals surface area contributed by atoms with E-state index in [0.717, 1.165) is 39.4 Å². The molecule has 236 valence electrons. The van der Waals surface area contributed by atoms with E-state index in [4.69, 9.17) is 4.74 Å². The monoisotopic (exact) mass is 691 g/mol. The highest BCUT2D eigenvalue weighted by Gasteiger charge is 2.62. The first-order chi connectivity index (χ1) is 21.9. The number of carbonyl (C=O) groups is 4. The number of carbonyl (C=O) groups excluding carboxylic acids is 4. The van der Waals surface area contributed by atoms with E-state index >= 15 is 0 Å². The van der Waals surface area contributed by atoms with Gasteiger partial charge in [-0.15, -0.1) is 0 Å². The number of hydrazine groups is 1. The van der Waals surface area contributed by atoms with Gasteiger partial charge in [0.2, 0.25) is 5.78 Å². The van der Waals surface area contributed by atoms with Gasteiger partial charge in [0, 0.05) is 47.7 Å². The molecule has 3 aliphatic carbocycles. The molecule has 1 saturated heterocycles. The molecule has 14 nitrogen and oxygen atoms in total. The minimum absolute atomic E-state index is 0.0978. The SMILES string of the molecule is COC1=CC(=O)c2c(O)c3c(c(O)c2C1=O)C(=O)[C@]1(CCc2c1c(O)c1c(=O)[nH]c(C=NNN4CCN(C)CC4)cc1c2Br)C3=O. The number of phenols is 3. The highest BCUT2D eigenvalue weighted by molar-refractivity contribution is 9.10. The Morgan fingerprint density at radius 1 is 0.978 bits per heavy atom. The van der Waals surface area contributed by atoms with Crippen molar-refractivity contribution in [3.63, 3.8) is 0 Å². The van der Waals surface area contributed by atoms with Gasteiger partial charge in [-0.25, -0.2) is 10.5 Å². The average molecular weight is 692 g/mol. The lowest BCUT2D eigenvalue weighted by atomic mass is 9.76. The van der Waals surface area contributed by atoms with Crippen LogP contribution in [0.2, 0.25) is 0 Å². The van der Waals surface area contributed by atoms with Crippen molar-refractivity contribution in [1.29, 1.82) is 0 Å². The lowest BCUT2D eigenvalue weighted by Crippen LogP contribution is -2.49. The van der Waals surface area contributed by atoms with Crippen LogP contribution in [0.5, 0.6) is 17.2 Å². The van der Waals surface area contributed by atoms with Crippen molar-refractivity contribution in [2.24, 2.45) is 5.10 Å². The normalized spacial score (nSPS) is 21.3. The zero-order chi connectivity index (χ0) is 32.8. The number of hydrazone groups is 1. The second kappa shape index (κ2) is 10.3. The van der Waals surface area contributed by atoms with Crippen LogP contribution in [0.4, 0.5) is 0 Å². The summed E-state index contributed by atoms with van der Waals surface area (Å²) in [5.41, 5.74) is -1.92. The van der Waals surface area contributed by atoms with Crippen molar-refractivity contribution in [2.45, 2.75) is 18.3 Å². The molecule has 1 aromatic heterocycles. The summed E-state index contributed by atoms with van der Waals surface area (Å²) in [5.74, 6) is -6.72. The number of benzene rings is 2. The number of nitrogens with zero attached hydrogens (tertiary/aromatic N) is 3. The molecule has 5 N–H and O–H groups in total. The van der Waals surface area contributed by atoms with Crippen LogP contribution in [-0.2, 0) is 16.6 Å². The number of phenolic OH excluding ortho intramolecular Hbond substituents is 3. The van der Waals surface area contributed by atoms with Crippen LogP contribution in [-0.4, -0.2) is 99.9 Å². The second-order valence-corrected chi connectivity index (χ2v) is 12.5. The van der Waals surface area contributed by atoms with E-state index in [-0.39, 0.29) is 23.8 Å². The number of ether oxygens (including phenoxy) is 1. The summed E-state index contributed by atoms with van der Waals surface area (Å²) in [5, 5.41) is 40.3. The third-order valence-corrected chi connectivity index (χ3v) is 10.2. The largest absolute Gasteiger partial charge is 0.507 e. The van der Waals surface area contributed by atoms with Gasteiger partial charge in [-0.05, 0) is 47.4 Å². The van der Waals surface area contributed by atoms with Crippen molar-refractivity contribution in [2.75, 3.05) is 40.3 Å². The molecule has 0 unspecified atom stereocenters. The number of halogens is 1. The van der Waals surface area contributed by atoms with Gasteiger partial charge >= 0.3 is 0 Å². The Labute approximate surface area is 268 Å². The molecule has 1 fully saturated rings. The molecule has 1 spiro atoms. The van der Waals surface area contributed by atoms with Gasteiger partial charge in [-0.2, -0.15) is 5.10 Å². The van der Waals surface area contributed by atoms with Gasteiger partial charge in [-0.3, -0.25) is 24.0 Å². The number of hydrogen-bond donors (Lipinski definition) is 5. The maximum absolute atomic E-state index is 14.2. The van der Waals surface area contributed by atoms with Crippen molar-refractivity contribution in [1.82, 2.24) is 20.4 Å². The standard InChI is InChI=1S/C31H26BrN5O9/c1-36-5-7-37(8-6-36)35-33-11-12-9-14-17(30(45)34-12)27(42)22-13(23(14)32)3-4-31(22)28(43)20-21(29(31)44)26(41)19-18(25(20)40)15(38)10-16(46-2)24(19)39/h9-11,35,40-42H,3-8H2,1-2H3,(H,34,45)/t31-/m0/s1. The number of nitrogens with one attached hydrogen (secondary N) is 2. The van der Waals surface area contributed by atoms with Crippen molar-refractivity contribution < 1.29 is 39.2 Å². The molecule has 1 aliphatic heterocycles. The quantitative estimate of drug-likeness (QED) is 0.115. The molecule has 3 aromatic rings. The van der Waals surface area contributed by atoms with Crippen LogP contribution < -0.4 is 11.1 Å². The van der Waals surface area contributed by atoms with Gasteiger partial charge in [0.15, 0.2) is 23.1 Å². The second-order valence-electron chi connectivity index (χ2n) is 11.7. The van der Waals surface area contributed by atoms with Crippen molar-refractivity contribution in [3.05, 3.63) is 71.8 Å². The van der Waals surface area contributed by atoms with Crippen LogP contribution in [0.3, 0.4) is 0 Å². The zero-order valence-electron chi connectivity index (χ0n) is 24.5. The molecule has 46 heavy (non-hydrogen) atoms. The summed E-state index contributed by atoms with van der Waals surface area (Å²) in [7, 11) is 3.17. The number of likely N-dealkylation sites (N-methyl/N-ethyl adjacent to an activating group) is 1. The minimum Gasteiger partial charge on any atom is -0.507 e. The number of rotatable bonds is 4. The number of H-pyrrole nitrogens is 1. The number of fused-ring (bicyclic) bond motifs is 5. The molecule has 2 heterocycles. The predicted octanol–water partition coefficient (Wildman–Crippen LogP) is 1.67. The van der Waals surface area contributed by atoms with E-state index in [9.17, 15) is 39.3 Å². The lowest BCUT2D eigenvalue weighted by molar-refractivity contribution is 0.0790. The Bertz CT molecular complexity index is 2090. The number of allylic oxidation sites excluding steroid dienone is 2. The maximum atomic E-state index is 14.2. The number of methoxy groups -OCH3 is 1. The van der Waals surface area contributed by atoms with E-state index in [2.05, 4.69) is 36.5 Å². The molecule has 0 amide bonds. The number of aromatic nitrogens is 1. The Balaban J connectivity index is 1.34. The topological polar surface area (TPSA) is 202 Å². The van der Waals surface area contributed by atoms with E-state index in [1.807, 2.05) is 12.1 Å². The third-order valence-electron chi connectivity index (χ3n) is 9.27. The first-order valence-electron chi connectivity index (χ1n) is 14.3. The Morgan fingerprint density at radius 2 is 1.63 bits per heavy atom. The Morgan fingerprint density at radius 3 is 2.28 bits per heavy atom. The first kappa shape index (κ1) is 29.8. The van der Waals surface area contributed by atoms with Crippen LogP contribution in [0.1, 0.15) is 64.7 Å². The zero-order valence-corrected chi connectivity index (χ0v) is 26.1. The number of hydrogen-bond acceptors (Lipinski definition) is 13. The summed E-state index contributed by atoms with van der Waals surface area (Å²) < 4.78 is 5.30. The Hall–Kier alpha value is -4.86. The summed E-state index contributed by atoms with van der Waals surface area (Å²) in [6.45, 7) is 3.25. The number of Topliss-reactive ketones (excluding diaryl/α,β-unsaturated/α-hetero) is 3. The molecule has 7 rings (SSSR count). The van der Waals surface area contributed by atoms with E-state index in [0.29, 0.717) is 21.1 Å². The molecule has 1 atom stereocenters. The summed E-state index contributed by atoms with van der Waals surface area (Å²) in [6.07, 6.45) is 2.17. The Kier molecular flexibility index (Phi) is 6.70. The van der Waals surface area contributed by atoms with Gasteiger partial charge in [0.25, 0.3) is 5.56 Å². The highest BCUT2D eigenvalue weighted by Crippen LogP contribution is 2.58. The fraction of sp³-hybridized carbons (Fsp3) is 0.290. The summed E-state index contributed by atoms with van der Waals surface area (Å²) in [6, 6.07) is 1.59. The summed E-state index contributed by atoms with van der Waals surface area (Å²) >= 11 is 3.52. The molecule has 0 radical (unpaired) electrons. The number of piperazine rings is 1. The molecular weight excluding hydrogens is 666 g/mol. The summed E-state index contributed by atoms with van der Waals surface area (Å²) in [4.78, 5) is 72.5. The molecule has 0 saturated carbocycles. The van der Waals surface area contributed by atoms with Gasteiger partial charge in [0.1, 0.15) is 22.7 Å². The van der Waals surface area contributed by atoms with Crippen molar-refractivity contribution in [3.8, 4) is 17.2 Å². The smallest absolute Gasteiger partial charge is 0.260 e. The third kappa shape index (κ3) is 3.88. The first-order valence-corrected chi connectivity index (χ1v) is 15.1. The fourth-order valence-electron chi connectivity index (χ4n) is 6.96.